The van der Waals surface area contributed by atoms with Crippen molar-refractivity contribution in [1.29, 1.82) is 0 Å². The quantitative estimate of drug-likeness (QED) is 0.704. The fraction of sp³-hybridized carbons (Fsp3) is 0.458. The predicted molar refractivity (Wildman–Crippen MR) is 115 cm³/mol. The van der Waals surface area contributed by atoms with Crippen molar-refractivity contribution in [1.82, 2.24) is 5.32 Å². The Labute approximate surface area is 177 Å². The van der Waals surface area contributed by atoms with Crippen molar-refractivity contribution >= 4 is 11.6 Å². The summed E-state index contributed by atoms with van der Waals surface area (Å²) in [5.41, 5.74) is 1.82. The third-order valence-corrected chi connectivity index (χ3v) is 6.09. The number of hydrogen-bond donors (Lipinski definition) is 2. The topological polar surface area (TPSA) is 59.6 Å². The second-order valence-electron chi connectivity index (χ2n) is 8.20. The van der Waals surface area contributed by atoms with Gasteiger partial charge in [-0.3, -0.25) is 4.79 Å². The van der Waals surface area contributed by atoms with Crippen LogP contribution >= 0.6 is 0 Å². The van der Waals surface area contributed by atoms with E-state index in [-0.39, 0.29) is 29.7 Å². The van der Waals surface area contributed by atoms with Crippen LogP contribution in [0.15, 0.2) is 42.5 Å². The first-order valence-corrected chi connectivity index (χ1v) is 10.7. The van der Waals surface area contributed by atoms with Gasteiger partial charge < -0.3 is 20.1 Å². The van der Waals surface area contributed by atoms with Gasteiger partial charge in [0.2, 0.25) is 5.91 Å². The van der Waals surface area contributed by atoms with Gasteiger partial charge in [0.1, 0.15) is 5.82 Å². The molecule has 1 aliphatic heterocycles. The van der Waals surface area contributed by atoms with Crippen molar-refractivity contribution < 1.29 is 18.7 Å². The Morgan fingerprint density at radius 1 is 1.13 bits per heavy atom. The molecule has 30 heavy (non-hydrogen) atoms. The Hall–Kier alpha value is -2.76. The van der Waals surface area contributed by atoms with E-state index in [0.717, 1.165) is 36.3 Å². The minimum atomic E-state index is -0.293. The summed E-state index contributed by atoms with van der Waals surface area (Å²) in [4.78, 5) is 12.4. The molecule has 0 spiro atoms. The van der Waals surface area contributed by atoms with E-state index in [1.54, 1.807) is 19.2 Å². The van der Waals surface area contributed by atoms with Crippen molar-refractivity contribution in [3.63, 3.8) is 0 Å². The van der Waals surface area contributed by atoms with E-state index in [0.29, 0.717) is 18.8 Å². The van der Waals surface area contributed by atoms with E-state index in [1.807, 2.05) is 6.07 Å². The van der Waals surface area contributed by atoms with Gasteiger partial charge >= 0.3 is 0 Å². The number of methoxy groups -OCH3 is 1. The smallest absolute Gasteiger partial charge is 0.224 e. The molecule has 2 fully saturated rings. The van der Waals surface area contributed by atoms with Crippen LogP contribution in [0.25, 0.3) is 0 Å². The molecular formula is C24H29FN2O3. The number of hydrogen-bond acceptors (Lipinski definition) is 4. The van der Waals surface area contributed by atoms with Crippen LogP contribution in [-0.4, -0.2) is 32.2 Å². The molecule has 0 aromatic heterocycles. The summed E-state index contributed by atoms with van der Waals surface area (Å²) in [5.74, 6) is 1.28. The Morgan fingerprint density at radius 3 is 2.73 bits per heavy atom. The normalized spacial score (nSPS) is 21.9. The number of benzene rings is 2. The number of anilines is 1. The first-order valence-electron chi connectivity index (χ1n) is 10.7. The zero-order valence-corrected chi connectivity index (χ0v) is 17.3. The number of amides is 1. The highest BCUT2D eigenvalue weighted by molar-refractivity contribution is 5.80. The number of piperidine rings is 1. The molecule has 2 aliphatic rings. The van der Waals surface area contributed by atoms with Crippen molar-refractivity contribution in [2.24, 2.45) is 5.92 Å². The monoisotopic (exact) mass is 412 g/mol. The van der Waals surface area contributed by atoms with Gasteiger partial charge in [-0.05, 0) is 68.0 Å². The summed E-state index contributed by atoms with van der Waals surface area (Å²) in [6.07, 6.45) is 5.57. The molecule has 4 rings (SSSR count). The molecule has 1 amide bonds. The summed E-state index contributed by atoms with van der Waals surface area (Å²) in [6, 6.07) is 12.4. The van der Waals surface area contributed by atoms with Gasteiger partial charge in [-0.15, -0.1) is 0 Å². The van der Waals surface area contributed by atoms with Gasteiger partial charge in [0.05, 0.1) is 19.1 Å². The molecule has 2 atom stereocenters. The van der Waals surface area contributed by atoms with Crippen LogP contribution < -0.4 is 20.1 Å². The lowest BCUT2D eigenvalue weighted by Gasteiger charge is -2.30. The summed E-state index contributed by atoms with van der Waals surface area (Å²) < 4.78 is 25.1. The van der Waals surface area contributed by atoms with Gasteiger partial charge in [0.25, 0.3) is 0 Å². The van der Waals surface area contributed by atoms with E-state index < -0.39 is 0 Å². The molecule has 2 N–H and O–H groups in total. The van der Waals surface area contributed by atoms with E-state index in [9.17, 15) is 9.18 Å². The molecule has 6 heteroatoms. The Bertz CT molecular complexity index is 883. The van der Waals surface area contributed by atoms with Crippen molar-refractivity contribution in [2.45, 2.75) is 44.1 Å². The van der Waals surface area contributed by atoms with Crippen LogP contribution in [0.3, 0.4) is 0 Å². The van der Waals surface area contributed by atoms with Gasteiger partial charge in [-0.25, -0.2) is 4.39 Å². The molecule has 0 bridgehead atoms. The lowest BCUT2D eigenvalue weighted by Crippen LogP contribution is -2.43. The summed E-state index contributed by atoms with van der Waals surface area (Å²) in [6.45, 7) is 1.07. The molecule has 1 saturated carbocycles. The van der Waals surface area contributed by atoms with Gasteiger partial charge in [0.15, 0.2) is 11.5 Å². The number of carbonyl (C=O) groups excluding carboxylic acids is 1. The number of rotatable bonds is 7. The van der Waals surface area contributed by atoms with E-state index in [2.05, 4.69) is 22.8 Å². The van der Waals surface area contributed by atoms with Crippen LogP contribution in [0.4, 0.5) is 10.1 Å². The average Bonchev–Trinajstić information content (AvgIpc) is 3.26. The molecule has 1 heterocycles. The average molecular weight is 413 g/mol. The number of ether oxygens (including phenoxy) is 2. The van der Waals surface area contributed by atoms with E-state index in [1.165, 1.54) is 25.0 Å². The Kier molecular flexibility index (Phi) is 6.41. The molecule has 160 valence electrons. The summed E-state index contributed by atoms with van der Waals surface area (Å²) in [7, 11) is 1.66. The Morgan fingerprint density at radius 2 is 1.97 bits per heavy atom. The zero-order chi connectivity index (χ0) is 20.9. The molecule has 2 aromatic rings. The minimum absolute atomic E-state index is 0.0334. The standard InChI is InChI=1S/C24H29FN2O3/c1-29-22-10-9-16(12-23(22)30-21-7-2-3-8-21)17-11-18(24(28)27-14-17)15-26-20-6-4-5-19(25)13-20/h4-6,9-10,12-13,17-18,21,26H,2-3,7-8,11,14-15H2,1H3,(H,27,28)/t17-,18+/m1/s1. The fourth-order valence-corrected chi connectivity index (χ4v) is 4.40. The maximum Gasteiger partial charge on any atom is 0.224 e. The molecule has 0 unspecified atom stereocenters. The fourth-order valence-electron chi connectivity index (χ4n) is 4.40. The molecule has 1 saturated heterocycles. The van der Waals surface area contributed by atoms with Crippen molar-refractivity contribution in [3.05, 3.63) is 53.8 Å². The highest BCUT2D eigenvalue weighted by atomic mass is 19.1. The van der Waals surface area contributed by atoms with Gasteiger partial charge in [-0.1, -0.05) is 12.1 Å². The first-order chi connectivity index (χ1) is 14.6. The summed E-state index contributed by atoms with van der Waals surface area (Å²) in [5, 5.41) is 6.21. The number of nitrogens with one attached hydrogen (secondary N) is 2. The molecule has 1 aliphatic carbocycles. The highest BCUT2D eigenvalue weighted by Crippen LogP contribution is 2.36. The second-order valence-corrected chi connectivity index (χ2v) is 8.20. The first kappa shape index (κ1) is 20.5. The van der Waals surface area contributed by atoms with Crippen LogP contribution in [-0.2, 0) is 4.79 Å². The molecule has 0 radical (unpaired) electrons. The number of carbonyl (C=O) groups is 1. The molecule has 5 nitrogen and oxygen atoms in total. The van der Waals surface area contributed by atoms with E-state index in [4.69, 9.17) is 9.47 Å². The van der Waals surface area contributed by atoms with Crippen LogP contribution in [0, 0.1) is 11.7 Å². The maximum atomic E-state index is 13.4. The Balaban J connectivity index is 1.44. The maximum absolute atomic E-state index is 13.4. The van der Waals surface area contributed by atoms with Crippen LogP contribution in [0.1, 0.15) is 43.6 Å². The van der Waals surface area contributed by atoms with Crippen LogP contribution in [0.5, 0.6) is 11.5 Å². The number of halogens is 1. The molecule has 2 aromatic carbocycles. The summed E-state index contributed by atoms with van der Waals surface area (Å²) >= 11 is 0. The lowest BCUT2D eigenvalue weighted by atomic mass is 9.85. The third kappa shape index (κ3) is 4.86. The zero-order valence-electron chi connectivity index (χ0n) is 17.3. The van der Waals surface area contributed by atoms with E-state index >= 15 is 0 Å². The molecular weight excluding hydrogens is 383 g/mol. The largest absolute Gasteiger partial charge is 0.493 e. The SMILES string of the molecule is COc1ccc([C@H]2CNC(=O)[C@H](CNc3cccc(F)c3)C2)cc1OC1CCCC1. The minimum Gasteiger partial charge on any atom is -0.493 e. The predicted octanol–water partition coefficient (Wildman–Crippen LogP) is 4.49. The third-order valence-electron chi connectivity index (χ3n) is 6.09. The lowest BCUT2D eigenvalue weighted by molar-refractivity contribution is -0.126. The van der Waals surface area contributed by atoms with Crippen LogP contribution in [0.2, 0.25) is 0 Å². The van der Waals surface area contributed by atoms with Gasteiger partial charge in [-0.2, -0.15) is 0 Å². The second kappa shape index (κ2) is 9.37. The van der Waals surface area contributed by atoms with Crippen molar-refractivity contribution in [2.75, 3.05) is 25.5 Å². The van der Waals surface area contributed by atoms with Gasteiger partial charge in [0, 0.05) is 24.7 Å². The van der Waals surface area contributed by atoms with Crippen molar-refractivity contribution in [3.8, 4) is 11.5 Å². The highest BCUT2D eigenvalue weighted by Gasteiger charge is 2.30.